The van der Waals surface area contributed by atoms with Crippen molar-refractivity contribution in [3.63, 3.8) is 0 Å². The number of imide groups is 1. The van der Waals surface area contributed by atoms with Gasteiger partial charge in [-0.2, -0.15) is 0 Å². The van der Waals surface area contributed by atoms with Gasteiger partial charge in [0, 0.05) is 5.38 Å². The molecule has 0 radical (unpaired) electrons. The van der Waals surface area contributed by atoms with Crippen molar-refractivity contribution in [3.05, 3.63) is 58.4 Å². The summed E-state index contributed by atoms with van der Waals surface area (Å²) in [6.07, 6.45) is 0. The first-order valence-corrected chi connectivity index (χ1v) is 9.48. The summed E-state index contributed by atoms with van der Waals surface area (Å²) in [5.74, 6) is -1.77. The molecule has 138 valence electrons. The second kappa shape index (κ2) is 8.56. The highest BCUT2D eigenvalue weighted by Gasteiger charge is 2.18. The van der Waals surface area contributed by atoms with Crippen molar-refractivity contribution in [3.8, 4) is 15.6 Å². The van der Waals surface area contributed by atoms with Crippen LogP contribution in [0.4, 0.5) is 0 Å². The minimum Gasteiger partial charge on any atom is -0.496 e. The van der Waals surface area contributed by atoms with Crippen LogP contribution in [0.1, 0.15) is 20.8 Å². The minimum atomic E-state index is -0.743. The SMILES string of the molecule is COc1ccccc1C(=O)NC(=O)COC(=O)c1csc(-c2cccs2)n1. The summed E-state index contributed by atoms with van der Waals surface area (Å²) in [6.45, 7) is -0.592. The van der Waals surface area contributed by atoms with E-state index in [2.05, 4.69) is 10.3 Å². The molecule has 1 N–H and O–H groups in total. The third-order valence-electron chi connectivity index (χ3n) is 3.38. The molecule has 3 aromatic rings. The first-order valence-electron chi connectivity index (χ1n) is 7.72. The predicted octanol–water partition coefficient (Wildman–Crippen LogP) is 2.99. The largest absolute Gasteiger partial charge is 0.496 e. The summed E-state index contributed by atoms with van der Waals surface area (Å²) in [4.78, 5) is 41.2. The molecular weight excluding hydrogens is 388 g/mol. The van der Waals surface area contributed by atoms with Gasteiger partial charge >= 0.3 is 5.97 Å². The third kappa shape index (κ3) is 4.57. The fraction of sp³-hybridized carbons (Fsp3) is 0.111. The Bertz CT molecular complexity index is 966. The molecule has 2 amide bonds. The Labute approximate surface area is 162 Å². The van der Waals surface area contributed by atoms with Gasteiger partial charge in [-0.15, -0.1) is 22.7 Å². The molecule has 27 heavy (non-hydrogen) atoms. The number of amides is 2. The van der Waals surface area contributed by atoms with Crippen LogP contribution in [0.15, 0.2) is 47.2 Å². The molecule has 9 heteroatoms. The first-order chi connectivity index (χ1) is 13.1. The van der Waals surface area contributed by atoms with E-state index in [1.54, 1.807) is 23.6 Å². The number of benzene rings is 1. The number of carbonyl (C=O) groups is 3. The monoisotopic (exact) mass is 402 g/mol. The van der Waals surface area contributed by atoms with Gasteiger partial charge in [0.15, 0.2) is 12.3 Å². The number of methoxy groups -OCH3 is 1. The van der Waals surface area contributed by atoms with Crippen molar-refractivity contribution in [2.45, 2.75) is 0 Å². The lowest BCUT2D eigenvalue weighted by Gasteiger charge is -2.08. The summed E-state index contributed by atoms with van der Waals surface area (Å²) in [5.41, 5.74) is 0.326. The number of rotatable bonds is 6. The van der Waals surface area contributed by atoms with Gasteiger partial charge in [0.1, 0.15) is 10.8 Å². The third-order valence-corrected chi connectivity index (χ3v) is 5.27. The zero-order chi connectivity index (χ0) is 19.2. The topological polar surface area (TPSA) is 94.6 Å². The molecule has 3 rings (SSSR count). The molecule has 0 spiro atoms. The molecule has 0 saturated carbocycles. The van der Waals surface area contributed by atoms with Gasteiger partial charge in [0.2, 0.25) is 0 Å². The molecular formula is C18H14N2O5S2. The lowest BCUT2D eigenvalue weighted by Crippen LogP contribution is -2.34. The number of para-hydroxylation sites is 1. The van der Waals surface area contributed by atoms with Gasteiger partial charge < -0.3 is 9.47 Å². The average molecular weight is 402 g/mol. The number of carbonyl (C=O) groups excluding carboxylic acids is 3. The van der Waals surface area contributed by atoms with E-state index in [1.807, 2.05) is 17.5 Å². The molecule has 0 bridgehead atoms. The average Bonchev–Trinajstić information content (AvgIpc) is 3.37. The molecule has 0 aliphatic heterocycles. The molecule has 0 aliphatic rings. The number of nitrogens with zero attached hydrogens (tertiary/aromatic N) is 1. The van der Waals surface area contributed by atoms with E-state index in [0.717, 1.165) is 4.88 Å². The van der Waals surface area contributed by atoms with E-state index < -0.39 is 24.4 Å². The van der Waals surface area contributed by atoms with Crippen LogP contribution in [-0.2, 0) is 9.53 Å². The Morgan fingerprint density at radius 3 is 2.67 bits per heavy atom. The number of esters is 1. The van der Waals surface area contributed by atoms with Crippen LogP contribution < -0.4 is 10.1 Å². The van der Waals surface area contributed by atoms with Crippen LogP contribution in [0.3, 0.4) is 0 Å². The van der Waals surface area contributed by atoms with Crippen LogP contribution in [0.5, 0.6) is 5.75 Å². The fourth-order valence-electron chi connectivity index (χ4n) is 2.15. The fourth-order valence-corrected chi connectivity index (χ4v) is 3.75. The lowest BCUT2D eigenvalue weighted by molar-refractivity contribution is -0.123. The van der Waals surface area contributed by atoms with E-state index in [0.29, 0.717) is 10.8 Å². The Balaban J connectivity index is 1.54. The smallest absolute Gasteiger partial charge is 0.358 e. The van der Waals surface area contributed by atoms with Crippen LogP contribution in [-0.4, -0.2) is 36.5 Å². The summed E-state index contributed by atoms with van der Waals surface area (Å²) in [5, 5.41) is 6.33. The van der Waals surface area contributed by atoms with E-state index in [9.17, 15) is 14.4 Å². The Hall–Kier alpha value is -3.04. The van der Waals surface area contributed by atoms with Gasteiger partial charge in [0.25, 0.3) is 11.8 Å². The van der Waals surface area contributed by atoms with Crippen molar-refractivity contribution in [1.82, 2.24) is 10.3 Å². The molecule has 0 saturated heterocycles. The molecule has 0 unspecified atom stereocenters. The molecule has 0 fully saturated rings. The normalized spacial score (nSPS) is 10.3. The Morgan fingerprint density at radius 2 is 1.93 bits per heavy atom. The van der Waals surface area contributed by atoms with E-state index >= 15 is 0 Å². The maximum Gasteiger partial charge on any atom is 0.358 e. The van der Waals surface area contributed by atoms with Gasteiger partial charge in [0.05, 0.1) is 17.6 Å². The number of thiazole rings is 1. The highest BCUT2D eigenvalue weighted by molar-refractivity contribution is 7.20. The second-order valence-corrected chi connectivity index (χ2v) is 6.97. The first kappa shape index (κ1) is 18.7. The molecule has 0 aliphatic carbocycles. The zero-order valence-electron chi connectivity index (χ0n) is 14.1. The summed E-state index contributed by atoms with van der Waals surface area (Å²) < 4.78 is 10.0. The van der Waals surface area contributed by atoms with Crippen molar-refractivity contribution in [2.75, 3.05) is 13.7 Å². The standard InChI is InChI=1S/C18H14N2O5S2/c1-24-13-6-3-2-5-11(13)16(22)20-15(21)9-25-18(23)12-10-27-17(19-12)14-7-4-8-26-14/h2-8,10H,9H2,1H3,(H,20,21,22). The molecule has 7 nitrogen and oxygen atoms in total. The van der Waals surface area contributed by atoms with Crippen LogP contribution >= 0.6 is 22.7 Å². The van der Waals surface area contributed by atoms with Crippen molar-refractivity contribution >= 4 is 40.5 Å². The predicted molar refractivity (Wildman–Crippen MR) is 101 cm³/mol. The lowest BCUT2D eigenvalue weighted by atomic mass is 10.2. The second-order valence-electron chi connectivity index (χ2n) is 5.17. The number of aromatic nitrogens is 1. The summed E-state index contributed by atoms with van der Waals surface area (Å²) in [6, 6.07) is 10.3. The Morgan fingerprint density at radius 1 is 1.11 bits per heavy atom. The van der Waals surface area contributed by atoms with Gasteiger partial charge in [-0.25, -0.2) is 9.78 Å². The Kier molecular flexibility index (Phi) is 5.94. The number of thiophene rings is 1. The highest BCUT2D eigenvalue weighted by Crippen LogP contribution is 2.27. The molecule has 2 heterocycles. The van der Waals surface area contributed by atoms with E-state index in [4.69, 9.17) is 9.47 Å². The summed E-state index contributed by atoms with van der Waals surface area (Å²) in [7, 11) is 1.42. The zero-order valence-corrected chi connectivity index (χ0v) is 15.8. The molecule has 0 atom stereocenters. The minimum absolute atomic E-state index is 0.118. The maximum atomic E-state index is 12.1. The maximum absolute atomic E-state index is 12.1. The van der Waals surface area contributed by atoms with Crippen molar-refractivity contribution in [1.29, 1.82) is 0 Å². The quantitative estimate of drug-likeness (QED) is 0.637. The van der Waals surface area contributed by atoms with Gasteiger partial charge in [-0.3, -0.25) is 14.9 Å². The van der Waals surface area contributed by atoms with Gasteiger partial charge in [-0.05, 0) is 23.6 Å². The van der Waals surface area contributed by atoms with E-state index in [-0.39, 0.29) is 11.3 Å². The van der Waals surface area contributed by atoms with Gasteiger partial charge in [-0.1, -0.05) is 18.2 Å². The van der Waals surface area contributed by atoms with Crippen molar-refractivity contribution in [2.24, 2.45) is 0 Å². The van der Waals surface area contributed by atoms with E-state index in [1.165, 1.54) is 35.8 Å². The van der Waals surface area contributed by atoms with Crippen LogP contribution in [0.25, 0.3) is 9.88 Å². The summed E-state index contributed by atoms with van der Waals surface area (Å²) >= 11 is 2.82. The molecule has 2 aromatic heterocycles. The van der Waals surface area contributed by atoms with Crippen LogP contribution in [0.2, 0.25) is 0 Å². The number of nitrogens with one attached hydrogen (secondary N) is 1. The van der Waals surface area contributed by atoms with Crippen molar-refractivity contribution < 1.29 is 23.9 Å². The number of ether oxygens (including phenoxy) is 2. The number of hydrogen-bond acceptors (Lipinski definition) is 8. The van der Waals surface area contributed by atoms with Crippen LogP contribution in [0, 0.1) is 0 Å². The number of hydrogen-bond donors (Lipinski definition) is 1. The highest BCUT2D eigenvalue weighted by atomic mass is 32.1. The molecule has 1 aromatic carbocycles.